The summed E-state index contributed by atoms with van der Waals surface area (Å²) in [5, 5.41) is 12.4. The molecule has 37 heavy (non-hydrogen) atoms. The number of hydrogen-bond acceptors (Lipinski definition) is 5. The van der Waals surface area contributed by atoms with Gasteiger partial charge in [0, 0.05) is 40.2 Å². The van der Waals surface area contributed by atoms with Crippen LogP contribution in [0.2, 0.25) is 0 Å². The van der Waals surface area contributed by atoms with E-state index in [1.165, 1.54) is 4.90 Å². The predicted molar refractivity (Wildman–Crippen MR) is 139 cm³/mol. The van der Waals surface area contributed by atoms with Gasteiger partial charge in [-0.15, -0.1) is 0 Å². The highest BCUT2D eigenvalue weighted by atomic mass is 16.5. The summed E-state index contributed by atoms with van der Waals surface area (Å²) in [5.74, 6) is -0.184. The van der Waals surface area contributed by atoms with Crippen LogP contribution in [0.3, 0.4) is 0 Å². The van der Waals surface area contributed by atoms with Crippen molar-refractivity contribution in [3.63, 3.8) is 0 Å². The van der Waals surface area contributed by atoms with Gasteiger partial charge in [0.25, 0.3) is 11.7 Å². The number of nitrogens with one attached hydrogen (secondary N) is 1. The number of aromatic amines is 1. The third kappa shape index (κ3) is 3.74. The average Bonchev–Trinajstić information content (AvgIpc) is 3.57. The van der Waals surface area contributed by atoms with E-state index < -0.39 is 17.7 Å². The molecule has 6 rings (SSSR count). The lowest BCUT2D eigenvalue weighted by Gasteiger charge is -2.25. The summed E-state index contributed by atoms with van der Waals surface area (Å²) in [5.41, 5.74) is 3.89. The molecule has 1 amide bonds. The van der Waals surface area contributed by atoms with Crippen LogP contribution in [0.5, 0.6) is 11.5 Å². The number of amides is 1. The molecule has 1 saturated heterocycles. The van der Waals surface area contributed by atoms with Crippen LogP contribution in [-0.4, -0.2) is 39.9 Å². The molecule has 3 heterocycles. The third-order valence-electron chi connectivity index (χ3n) is 7.16. The lowest BCUT2D eigenvalue weighted by Crippen LogP contribution is -2.29. The number of ether oxygens (including phenoxy) is 2. The molecule has 3 aromatic carbocycles. The molecule has 0 aliphatic carbocycles. The summed E-state index contributed by atoms with van der Waals surface area (Å²) in [7, 11) is 1.57. The van der Waals surface area contributed by atoms with E-state index in [2.05, 4.69) is 4.98 Å². The van der Waals surface area contributed by atoms with Gasteiger partial charge in [-0.2, -0.15) is 0 Å². The SMILES string of the molecule is COc1ccccc1CN1C(=O)C(=O)/C(=C(/O)c2ccc3c(c2)CC(C)O3)C1c1c[nH]c2ccccc12. The minimum atomic E-state index is -0.788. The maximum atomic E-state index is 13.5. The van der Waals surface area contributed by atoms with Crippen molar-refractivity contribution in [1.82, 2.24) is 9.88 Å². The molecule has 0 spiro atoms. The minimum Gasteiger partial charge on any atom is -0.507 e. The Labute approximate surface area is 213 Å². The van der Waals surface area contributed by atoms with Crippen molar-refractivity contribution in [2.75, 3.05) is 7.11 Å². The number of para-hydroxylation sites is 2. The number of fused-ring (bicyclic) bond motifs is 2. The number of Topliss-reactive ketones (excluding diaryl/α,β-unsaturated/α-hetero) is 1. The quantitative estimate of drug-likeness (QED) is 0.228. The number of aliphatic hydroxyl groups excluding tert-OH is 1. The molecule has 1 aromatic heterocycles. The van der Waals surface area contributed by atoms with E-state index in [1.54, 1.807) is 19.2 Å². The second-order valence-corrected chi connectivity index (χ2v) is 9.48. The molecule has 0 radical (unpaired) electrons. The van der Waals surface area contributed by atoms with Gasteiger partial charge < -0.3 is 24.5 Å². The Balaban J connectivity index is 1.52. The zero-order valence-corrected chi connectivity index (χ0v) is 20.5. The standard InChI is InChI=1S/C30H26N2O5/c1-17-13-20-14-18(11-12-25(20)37-17)28(33)26-27(22-15-31-23-9-5-4-8-21(22)23)32(30(35)29(26)34)16-19-7-3-6-10-24(19)36-2/h3-12,14-15,17,27,31,33H,13,16H2,1-2H3/b28-26+. The number of carbonyl (C=O) groups is 2. The van der Waals surface area contributed by atoms with E-state index >= 15 is 0 Å². The van der Waals surface area contributed by atoms with Crippen molar-refractivity contribution < 1.29 is 24.2 Å². The van der Waals surface area contributed by atoms with Gasteiger partial charge in [0.05, 0.1) is 25.3 Å². The second kappa shape index (κ2) is 8.85. The Morgan fingerprint density at radius 1 is 1.11 bits per heavy atom. The van der Waals surface area contributed by atoms with Gasteiger partial charge in [-0.25, -0.2) is 0 Å². The number of aliphatic hydroxyl groups is 1. The molecule has 2 aliphatic rings. The molecular formula is C30H26N2O5. The molecule has 0 bridgehead atoms. The summed E-state index contributed by atoms with van der Waals surface area (Å²) in [6.45, 7) is 2.13. The van der Waals surface area contributed by atoms with Crippen LogP contribution in [0, 0.1) is 0 Å². The number of ketones is 1. The zero-order valence-electron chi connectivity index (χ0n) is 20.5. The summed E-state index contributed by atoms with van der Waals surface area (Å²) in [4.78, 5) is 31.8. The number of hydrogen-bond donors (Lipinski definition) is 2. The highest BCUT2D eigenvalue weighted by Crippen LogP contribution is 2.44. The van der Waals surface area contributed by atoms with E-state index in [4.69, 9.17) is 9.47 Å². The number of aromatic nitrogens is 1. The van der Waals surface area contributed by atoms with Crippen LogP contribution in [0.1, 0.15) is 35.2 Å². The normalized spacial score (nSPS) is 20.3. The first kappa shape index (κ1) is 22.9. The summed E-state index contributed by atoms with van der Waals surface area (Å²) in [6.07, 6.45) is 2.57. The van der Waals surface area contributed by atoms with E-state index in [0.717, 1.165) is 33.3 Å². The van der Waals surface area contributed by atoms with Crippen LogP contribution in [0.15, 0.2) is 78.5 Å². The molecule has 1 fully saturated rings. The fourth-order valence-electron chi connectivity index (χ4n) is 5.43. The van der Waals surface area contributed by atoms with Gasteiger partial charge in [0.2, 0.25) is 0 Å². The summed E-state index contributed by atoms with van der Waals surface area (Å²) in [6, 6.07) is 19.7. The predicted octanol–water partition coefficient (Wildman–Crippen LogP) is 5.12. The molecule has 7 nitrogen and oxygen atoms in total. The molecule has 2 N–H and O–H groups in total. The molecule has 186 valence electrons. The molecule has 2 aliphatic heterocycles. The lowest BCUT2D eigenvalue weighted by molar-refractivity contribution is -0.140. The number of carbonyl (C=O) groups excluding carboxylic acids is 2. The van der Waals surface area contributed by atoms with Crippen molar-refractivity contribution in [3.05, 3.63) is 101 Å². The summed E-state index contributed by atoms with van der Waals surface area (Å²) >= 11 is 0. The molecule has 2 atom stereocenters. The number of nitrogens with zero attached hydrogens (tertiary/aromatic N) is 1. The highest BCUT2D eigenvalue weighted by Gasteiger charge is 2.47. The number of likely N-dealkylation sites (tertiary alicyclic amines) is 1. The number of H-pyrrole nitrogens is 1. The van der Waals surface area contributed by atoms with Crippen LogP contribution in [-0.2, 0) is 22.6 Å². The Hall–Kier alpha value is -4.52. The average molecular weight is 495 g/mol. The van der Waals surface area contributed by atoms with Gasteiger partial charge in [0.1, 0.15) is 23.4 Å². The fourth-order valence-corrected chi connectivity index (χ4v) is 5.43. The van der Waals surface area contributed by atoms with Crippen LogP contribution in [0.25, 0.3) is 16.7 Å². The van der Waals surface area contributed by atoms with E-state index in [0.29, 0.717) is 17.7 Å². The second-order valence-electron chi connectivity index (χ2n) is 9.48. The van der Waals surface area contributed by atoms with Crippen molar-refractivity contribution in [2.24, 2.45) is 0 Å². The largest absolute Gasteiger partial charge is 0.507 e. The van der Waals surface area contributed by atoms with E-state index in [-0.39, 0.29) is 24.0 Å². The van der Waals surface area contributed by atoms with Crippen molar-refractivity contribution >= 4 is 28.4 Å². The molecule has 0 saturated carbocycles. The number of methoxy groups -OCH3 is 1. The lowest BCUT2D eigenvalue weighted by atomic mass is 9.94. The van der Waals surface area contributed by atoms with Crippen molar-refractivity contribution in [1.29, 1.82) is 0 Å². The summed E-state index contributed by atoms with van der Waals surface area (Å²) < 4.78 is 11.3. The van der Waals surface area contributed by atoms with E-state index in [1.807, 2.05) is 67.7 Å². The van der Waals surface area contributed by atoms with Gasteiger partial charge in [-0.3, -0.25) is 9.59 Å². The minimum absolute atomic E-state index is 0.0463. The topological polar surface area (TPSA) is 91.9 Å². The van der Waals surface area contributed by atoms with E-state index in [9.17, 15) is 14.7 Å². The maximum Gasteiger partial charge on any atom is 0.295 e. The smallest absolute Gasteiger partial charge is 0.295 e. The maximum absolute atomic E-state index is 13.5. The zero-order chi connectivity index (χ0) is 25.7. The van der Waals surface area contributed by atoms with Crippen molar-refractivity contribution in [2.45, 2.75) is 32.0 Å². The van der Waals surface area contributed by atoms with Gasteiger partial charge in [-0.1, -0.05) is 36.4 Å². The number of rotatable bonds is 5. The van der Waals surface area contributed by atoms with Crippen molar-refractivity contribution in [3.8, 4) is 11.5 Å². The van der Waals surface area contributed by atoms with Gasteiger partial charge in [-0.05, 0) is 42.8 Å². The first-order chi connectivity index (χ1) is 18.0. The first-order valence-electron chi connectivity index (χ1n) is 12.2. The van der Waals surface area contributed by atoms with Gasteiger partial charge >= 0.3 is 0 Å². The molecule has 7 heteroatoms. The highest BCUT2D eigenvalue weighted by molar-refractivity contribution is 6.46. The Morgan fingerprint density at radius 2 is 1.89 bits per heavy atom. The van der Waals surface area contributed by atoms with Crippen LogP contribution >= 0.6 is 0 Å². The fraction of sp³-hybridized carbons (Fsp3) is 0.200. The Morgan fingerprint density at radius 3 is 2.73 bits per heavy atom. The monoisotopic (exact) mass is 494 g/mol. The first-order valence-corrected chi connectivity index (χ1v) is 12.2. The molecule has 4 aromatic rings. The Kier molecular flexibility index (Phi) is 5.48. The van der Waals surface area contributed by atoms with Gasteiger partial charge in [0.15, 0.2) is 0 Å². The van der Waals surface area contributed by atoms with Crippen LogP contribution < -0.4 is 9.47 Å². The Bertz CT molecular complexity index is 1580. The van der Waals surface area contributed by atoms with Crippen LogP contribution in [0.4, 0.5) is 0 Å². The molecule has 2 unspecified atom stereocenters. The molecular weight excluding hydrogens is 468 g/mol. The third-order valence-corrected chi connectivity index (χ3v) is 7.16. The number of benzene rings is 3.